The molecule has 3 aromatic rings. The lowest BCUT2D eigenvalue weighted by molar-refractivity contribution is -0.331. The van der Waals surface area contributed by atoms with Crippen molar-refractivity contribution in [2.45, 2.75) is 62.3 Å². The molecule has 4 atom stereocenters. The van der Waals surface area contributed by atoms with Crippen molar-refractivity contribution < 1.29 is 41.8 Å². The van der Waals surface area contributed by atoms with E-state index >= 15 is 0 Å². The minimum atomic E-state index is -4.25. The quantitative estimate of drug-likeness (QED) is 0.191. The van der Waals surface area contributed by atoms with Crippen molar-refractivity contribution in [1.29, 1.82) is 0 Å². The van der Waals surface area contributed by atoms with E-state index in [9.17, 15) is 37.0 Å². The first-order valence-corrected chi connectivity index (χ1v) is 17.2. The number of rotatable bonds is 10. The lowest BCUT2D eigenvalue weighted by Crippen LogP contribution is -2.59. The first-order valence-electron chi connectivity index (χ1n) is 14.6. The van der Waals surface area contributed by atoms with Gasteiger partial charge in [0.2, 0.25) is 10.0 Å². The largest absolute Gasteiger partial charge is 0.859 e. The fourth-order valence-electron chi connectivity index (χ4n) is 6.31. The minimum Gasteiger partial charge on any atom is -0.859 e. The zero-order valence-electron chi connectivity index (χ0n) is 24.9. The molecular weight excluding hydrogens is 679 g/mol. The van der Waals surface area contributed by atoms with Gasteiger partial charge in [-0.1, -0.05) is 78.5 Å². The van der Waals surface area contributed by atoms with Crippen molar-refractivity contribution in [2.24, 2.45) is 5.16 Å². The smallest absolute Gasteiger partial charge is 0.312 e. The van der Waals surface area contributed by atoms with Gasteiger partial charge < -0.3 is 24.7 Å². The van der Waals surface area contributed by atoms with E-state index in [1.165, 1.54) is 23.1 Å². The number of nitrogens with zero attached hydrogens (tertiary/aromatic N) is 2. The van der Waals surface area contributed by atoms with E-state index in [2.05, 4.69) is 9.88 Å². The van der Waals surface area contributed by atoms with Gasteiger partial charge in [0.15, 0.2) is 0 Å². The molecule has 0 bridgehead atoms. The second-order valence-electron chi connectivity index (χ2n) is 11.5. The summed E-state index contributed by atoms with van der Waals surface area (Å²) in [4.78, 5) is 32.1. The lowest BCUT2D eigenvalue weighted by Gasteiger charge is -2.50. The van der Waals surface area contributed by atoms with Crippen LogP contribution >= 0.6 is 23.2 Å². The Morgan fingerprint density at radius 2 is 1.77 bits per heavy atom. The molecule has 0 aromatic heterocycles. The van der Waals surface area contributed by atoms with Gasteiger partial charge in [0, 0.05) is 45.1 Å². The third kappa shape index (κ3) is 7.38. The number of aliphatic carboxylic acids is 1. The standard InChI is InChI=1S/C32H31Cl2F2N3O7S/c1-47(44,45)38-25-11-4-5-12-26(25)39-28(23-14-13-20(33)16-24(23)34)27(21-9-2-3-10-22(21)30(39)41)29(40)37-46-17-18-7-6-8-19(15-18)32(35,36)31(42)43/h2-3,6-10,13-16,25-28,38H,4-5,11-12,17H2,1H3,(H,37,40)(H,42,43)/p-2/t25-,26-,27+,28-/m0/s1. The summed E-state index contributed by atoms with van der Waals surface area (Å²) in [6, 6.07) is 13.1. The molecule has 47 heavy (non-hydrogen) atoms. The number of hydrogen-bond donors (Lipinski definition) is 1. The van der Waals surface area contributed by atoms with Crippen LogP contribution in [0.4, 0.5) is 8.78 Å². The maximum atomic E-state index is 14.3. The number of fused-ring (bicyclic) bond motifs is 1. The van der Waals surface area contributed by atoms with E-state index in [0.717, 1.165) is 24.8 Å². The molecule has 0 unspecified atom stereocenters. The summed E-state index contributed by atoms with van der Waals surface area (Å²) in [6.07, 6.45) is 3.34. The Morgan fingerprint density at radius 1 is 1.04 bits per heavy atom. The number of oxime groups is 1. The fourth-order valence-corrected chi connectivity index (χ4v) is 7.66. The Labute approximate surface area is 280 Å². The summed E-state index contributed by atoms with van der Waals surface area (Å²) in [6.45, 7) is -0.463. The zero-order chi connectivity index (χ0) is 34.1. The molecule has 1 aliphatic heterocycles. The molecular formula is C32H29Cl2F2N3O7S-2. The van der Waals surface area contributed by atoms with Gasteiger partial charge in [0.25, 0.3) is 5.91 Å². The van der Waals surface area contributed by atoms with Gasteiger partial charge in [-0.3, -0.25) is 4.79 Å². The van der Waals surface area contributed by atoms with E-state index in [4.69, 9.17) is 28.0 Å². The molecule has 3 aromatic carbocycles. The highest BCUT2D eigenvalue weighted by Crippen LogP contribution is 2.48. The molecule has 1 amide bonds. The van der Waals surface area contributed by atoms with E-state index in [0.29, 0.717) is 35.4 Å². The van der Waals surface area contributed by atoms with Crippen LogP contribution in [0.25, 0.3) is 0 Å². The third-order valence-electron chi connectivity index (χ3n) is 8.31. The monoisotopic (exact) mass is 707 g/mol. The van der Waals surface area contributed by atoms with Gasteiger partial charge in [-0.05, 0) is 53.8 Å². The van der Waals surface area contributed by atoms with Crippen LogP contribution in [0.15, 0.2) is 71.9 Å². The number of sulfonamides is 1. The van der Waals surface area contributed by atoms with Crippen molar-refractivity contribution >= 4 is 51.0 Å². The Balaban J connectivity index is 1.59. The number of hydrogen-bond acceptors (Lipinski definition) is 8. The van der Waals surface area contributed by atoms with Crippen molar-refractivity contribution in [3.8, 4) is 0 Å². The topological polar surface area (TPSA) is 151 Å². The summed E-state index contributed by atoms with van der Waals surface area (Å²) >= 11 is 12.9. The number of amides is 1. The summed E-state index contributed by atoms with van der Waals surface area (Å²) in [7, 11) is -3.67. The Kier molecular flexibility index (Phi) is 10.1. The van der Waals surface area contributed by atoms with Gasteiger partial charge in [-0.15, -0.1) is 5.16 Å². The number of nitrogens with one attached hydrogen (secondary N) is 1. The van der Waals surface area contributed by atoms with Crippen molar-refractivity contribution in [2.75, 3.05) is 6.26 Å². The Morgan fingerprint density at radius 3 is 2.47 bits per heavy atom. The number of halogens is 4. The molecule has 1 heterocycles. The highest BCUT2D eigenvalue weighted by Gasteiger charge is 2.47. The number of benzene rings is 3. The zero-order valence-corrected chi connectivity index (χ0v) is 27.2. The summed E-state index contributed by atoms with van der Waals surface area (Å²) in [5.74, 6) is -9.26. The molecule has 1 N–H and O–H groups in total. The van der Waals surface area contributed by atoms with Crippen molar-refractivity contribution in [3.63, 3.8) is 0 Å². The van der Waals surface area contributed by atoms with Crippen LogP contribution < -0.4 is 14.9 Å². The number of carbonyl (C=O) groups excluding carboxylic acids is 2. The van der Waals surface area contributed by atoms with E-state index in [1.54, 1.807) is 36.4 Å². The van der Waals surface area contributed by atoms with Crippen LogP contribution in [0.3, 0.4) is 0 Å². The van der Waals surface area contributed by atoms with E-state index < -0.39 is 69.9 Å². The van der Waals surface area contributed by atoms with Crippen LogP contribution in [0.5, 0.6) is 0 Å². The predicted octanol–water partition coefficient (Wildman–Crippen LogP) is 3.87. The molecule has 0 spiro atoms. The molecule has 15 heteroatoms. The molecule has 5 rings (SSSR count). The Bertz CT molecular complexity index is 1830. The average molecular weight is 709 g/mol. The van der Waals surface area contributed by atoms with Gasteiger partial charge in [0.1, 0.15) is 12.6 Å². The highest BCUT2D eigenvalue weighted by atomic mass is 35.5. The van der Waals surface area contributed by atoms with Gasteiger partial charge in [0.05, 0.1) is 12.3 Å². The maximum Gasteiger partial charge on any atom is 0.312 e. The maximum absolute atomic E-state index is 14.3. The van der Waals surface area contributed by atoms with Gasteiger partial charge in [-0.25, -0.2) is 13.1 Å². The number of carbonyl (C=O) groups is 2. The molecule has 250 valence electrons. The van der Waals surface area contributed by atoms with Gasteiger partial charge >= 0.3 is 5.92 Å². The molecule has 0 saturated heterocycles. The second-order valence-corrected chi connectivity index (χ2v) is 14.1. The molecule has 10 nitrogen and oxygen atoms in total. The number of alkyl halides is 2. The molecule has 1 aliphatic carbocycles. The molecule has 1 saturated carbocycles. The van der Waals surface area contributed by atoms with Crippen LogP contribution in [0.2, 0.25) is 10.0 Å². The average Bonchev–Trinajstić information content (AvgIpc) is 3.01. The fraction of sp³-hybridized carbons (Fsp3) is 0.344. The SMILES string of the molecule is CS(=O)(=O)N[C@H]1CCCC[C@@H]1N1C(=O)c2ccccc2[C@@H](/C([O-])=N\OCc2cccc(C(F)(F)C(=O)[O-])c2)[C@@H]1c1ccc(Cl)cc1Cl. The highest BCUT2D eigenvalue weighted by molar-refractivity contribution is 7.88. The minimum absolute atomic E-state index is 0.106. The van der Waals surface area contributed by atoms with E-state index in [-0.39, 0.29) is 16.1 Å². The lowest BCUT2D eigenvalue weighted by atomic mass is 9.77. The molecule has 0 radical (unpaired) electrons. The second kappa shape index (κ2) is 13.8. The van der Waals surface area contributed by atoms with Crippen molar-refractivity contribution in [1.82, 2.24) is 9.62 Å². The predicted molar refractivity (Wildman–Crippen MR) is 166 cm³/mol. The van der Waals surface area contributed by atoms with Crippen LogP contribution in [0.1, 0.15) is 70.3 Å². The number of carboxylic acids is 1. The summed E-state index contributed by atoms with van der Waals surface area (Å²) < 4.78 is 55.4. The molecule has 2 aliphatic rings. The normalized spacial score (nSPS) is 22.1. The van der Waals surface area contributed by atoms with Gasteiger partial charge in [-0.2, -0.15) is 8.78 Å². The van der Waals surface area contributed by atoms with Crippen LogP contribution in [-0.4, -0.2) is 49.4 Å². The van der Waals surface area contributed by atoms with Crippen LogP contribution in [0, 0.1) is 0 Å². The molecule has 1 fully saturated rings. The van der Waals surface area contributed by atoms with Crippen LogP contribution in [-0.2, 0) is 32.2 Å². The van der Waals surface area contributed by atoms with E-state index in [1.807, 2.05) is 0 Å². The third-order valence-corrected chi connectivity index (χ3v) is 9.60. The Hall–Kier alpha value is -3.78. The summed E-state index contributed by atoms with van der Waals surface area (Å²) in [5.41, 5.74) is 0.190. The number of carboxylic acid groups (broad SMARTS) is 1. The van der Waals surface area contributed by atoms with Crippen molar-refractivity contribution in [3.05, 3.63) is 105 Å². The summed E-state index contributed by atoms with van der Waals surface area (Å²) in [5, 5.41) is 29.2. The first-order chi connectivity index (χ1) is 22.2. The first kappa shape index (κ1) is 34.6.